The fourth-order valence-corrected chi connectivity index (χ4v) is 2.34. The van der Waals surface area contributed by atoms with Crippen LogP contribution in [0.2, 0.25) is 0 Å². The maximum Gasteiger partial charge on any atom is 0.319 e. The highest BCUT2D eigenvalue weighted by Crippen LogP contribution is 2.12. The van der Waals surface area contributed by atoms with Gasteiger partial charge in [0.2, 0.25) is 0 Å². The average molecular weight is 247 g/mol. The number of amides is 2. The van der Waals surface area contributed by atoms with Crippen molar-refractivity contribution in [2.45, 2.75) is 12.5 Å². The number of hydrogen-bond donors (Lipinski definition) is 1. The van der Waals surface area contributed by atoms with Crippen LogP contribution in [0.3, 0.4) is 0 Å². The fraction of sp³-hybridized carbons (Fsp3) is 0.500. The lowest BCUT2D eigenvalue weighted by Crippen LogP contribution is -2.56. The molecule has 1 aliphatic rings. The van der Waals surface area contributed by atoms with Gasteiger partial charge in [-0.1, -0.05) is 30.3 Å². The van der Waals surface area contributed by atoms with Crippen LogP contribution in [0.25, 0.3) is 0 Å². The van der Waals surface area contributed by atoms with E-state index < -0.39 is 0 Å². The van der Waals surface area contributed by atoms with Gasteiger partial charge in [0.25, 0.3) is 0 Å². The summed E-state index contributed by atoms with van der Waals surface area (Å²) in [6.07, 6.45) is 0.910. The van der Waals surface area contributed by atoms with Crippen LogP contribution in [-0.4, -0.2) is 55.6 Å². The molecule has 1 aliphatic heterocycles. The first kappa shape index (κ1) is 12.9. The molecule has 98 valence electrons. The zero-order valence-corrected chi connectivity index (χ0v) is 11.1. The van der Waals surface area contributed by atoms with Crippen LogP contribution in [0.15, 0.2) is 30.3 Å². The van der Waals surface area contributed by atoms with E-state index in [1.165, 1.54) is 5.56 Å². The minimum atomic E-state index is 0.109. The van der Waals surface area contributed by atoms with Crippen molar-refractivity contribution < 1.29 is 4.79 Å². The van der Waals surface area contributed by atoms with Crippen LogP contribution in [-0.2, 0) is 6.42 Å². The standard InChI is InChI=1S/C14H21N3O/c1-16(2)14(18)17-9-8-15-11-13(17)10-12-6-4-3-5-7-12/h3-7,13,15H,8-11H2,1-2H3. The summed E-state index contributed by atoms with van der Waals surface area (Å²) in [7, 11) is 3.62. The van der Waals surface area contributed by atoms with E-state index in [0.717, 1.165) is 26.1 Å². The Morgan fingerprint density at radius 1 is 1.39 bits per heavy atom. The van der Waals surface area contributed by atoms with Crippen molar-refractivity contribution in [1.29, 1.82) is 0 Å². The SMILES string of the molecule is CN(C)C(=O)N1CCNCC1Cc1ccccc1. The van der Waals surface area contributed by atoms with E-state index in [9.17, 15) is 4.79 Å². The molecule has 1 aromatic carbocycles. The molecule has 1 unspecified atom stereocenters. The molecule has 0 spiro atoms. The van der Waals surface area contributed by atoms with Crippen molar-refractivity contribution in [3.05, 3.63) is 35.9 Å². The Labute approximate surface area is 109 Å². The second kappa shape index (κ2) is 5.87. The first-order valence-corrected chi connectivity index (χ1v) is 6.41. The summed E-state index contributed by atoms with van der Waals surface area (Å²) in [5.74, 6) is 0. The molecule has 0 aliphatic carbocycles. The van der Waals surface area contributed by atoms with Gasteiger partial charge in [0, 0.05) is 39.8 Å². The molecule has 0 aromatic heterocycles. The fourth-order valence-electron chi connectivity index (χ4n) is 2.34. The maximum atomic E-state index is 12.1. The topological polar surface area (TPSA) is 35.6 Å². The summed E-state index contributed by atoms with van der Waals surface area (Å²) in [5, 5.41) is 3.37. The molecule has 1 saturated heterocycles. The van der Waals surface area contributed by atoms with E-state index in [0.29, 0.717) is 0 Å². The number of carbonyl (C=O) groups excluding carboxylic acids is 1. The molecule has 1 aromatic rings. The average Bonchev–Trinajstić information content (AvgIpc) is 2.39. The largest absolute Gasteiger partial charge is 0.331 e. The third-order valence-electron chi connectivity index (χ3n) is 3.29. The molecule has 0 saturated carbocycles. The van der Waals surface area contributed by atoms with E-state index in [4.69, 9.17) is 0 Å². The minimum Gasteiger partial charge on any atom is -0.331 e. The molecule has 1 N–H and O–H groups in total. The molecule has 18 heavy (non-hydrogen) atoms. The zero-order valence-electron chi connectivity index (χ0n) is 11.1. The zero-order chi connectivity index (χ0) is 13.0. The van der Waals surface area contributed by atoms with Crippen molar-refractivity contribution in [3.63, 3.8) is 0 Å². The second-order valence-electron chi connectivity index (χ2n) is 4.92. The number of nitrogens with zero attached hydrogens (tertiary/aromatic N) is 2. The van der Waals surface area contributed by atoms with Crippen molar-refractivity contribution in [2.75, 3.05) is 33.7 Å². The van der Waals surface area contributed by atoms with Crippen LogP contribution in [0.1, 0.15) is 5.56 Å². The van der Waals surface area contributed by atoms with Gasteiger partial charge in [0.15, 0.2) is 0 Å². The molecule has 1 atom stereocenters. The summed E-state index contributed by atoms with van der Waals surface area (Å²) < 4.78 is 0. The summed E-state index contributed by atoms with van der Waals surface area (Å²) in [6.45, 7) is 2.54. The molecular formula is C14H21N3O. The molecule has 4 heteroatoms. The molecule has 4 nitrogen and oxygen atoms in total. The van der Waals surface area contributed by atoms with Gasteiger partial charge in [0.05, 0.1) is 0 Å². The Bertz CT molecular complexity index is 391. The second-order valence-corrected chi connectivity index (χ2v) is 4.92. The Kier molecular flexibility index (Phi) is 4.20. The van der Waals surface area contributed by atoms with E-state index in [1.54, 1.807) is 4.90 Å². The van der Waals surface area contributed by atoms with Gasteiger partial charge >= 0.3 is 6.03 Å². The predicted octanol–water partition coefficient (Wildman–Crippen LogP) is 1.18. The van der Waals surface area contributed by atoms with Crippen molar-refractivity contribution in [1.82, 2.24) is 15.1 Å². The number of hydrogen-bond acceptors (Lipinski definition) is 2. The van der Waals surface area contributed by atoms with Gasteiger partial charge in [-0.3, -0.25) is 0 Å². The number of nitrogens with one attached hydrogen (secondary N) is 1. The Morgan fingerprint density at radius 2 is 2.11 bits per heavy atom. The highest BCUT2D eigenvalue weighted by atomic mass is 16.2. The van der Waals surface area contributed by atoms with Gasteiger partial charge in [-0.2, -0.15) is 0 Å². The van der Waals surface area contributed by atoms with E-state index in [1.807, 2.05) is 37.2 Å². The lowest BCUT2D eigenvalue weighted by Gasteiger charge is -2.37. The Hall–Kier alpha value is -1.55. The van der Waals surface area contributed by atoms with Crippen LogP contribution in [0, 0.1) is 0 Å². The molecule has 1 fully saturated rings. The van der Waals surface area contributed by atoms with Crippen LogP contribution < -0.4 is 5.32 Å². The first-order chi connectivity index (χ1) is 8.68. The van der Waals surface area contributed by atoms with Gasteiger partial charge in [0.1, 0.15) is 0 Å². The molecule has 0 bridgehead atoms. The normalized spacial score (nSPS) is 19.7. The third-order valence-corrected chi connectivity index (χ3v) is 3.29. The smallest absolute Gasteiger partial charge is 0.319 e. The Balaban J connectivity index is 2.06. The van der Waals surface area contributed by atoms with Crippen LogP contribution in [0.4, 0.5) is 4.79 Å². The molecule has 0 radical (unpaired) electrons. The lowest BCUT2D eigenvalue weighted by molar-refractivity contribution is 0.135. The summed E-state index contributed by atoms with van der Waals surface area (Å²) >= 11 is 0. The number of urea groups is 1. The molecular weight excluding hydrogens is 226 g/mol. The number of carbonyl (C=O) groups is 1. The van der Waals surface area contributed by atoms with Gasteiger partial charge in [-0.05, 0) is 12.0 Å². The minimum absolute atomic E-state index is 0.109. The number of rotatable bonds is 2. The van der Waals surface area contributed by atoms with Crippen LogP contribution >= 0.6 is 0 Å². The third kappa shape index (κ3) is 3.01. The first-order valence-electron chi connectivity index (χ1n) is 6.41. The molecule has 1 heterocycles. The maximum absolute atomic E-state index is 12.1. The van der Waals surface area contributed by atoms with Crippen molar-refractivity contribution in [3.8, 4) is 0 Å². The number of benzene rings is 1. The van der Waals surface area contributed by atoms with Crippen molar-refractivity contribution >= 4 is 6.03 Å². The molecule has 2 amide bonds. The van der Waals surface area contributed by atoms with Crippen LogP contribution in [0.5, 0.6) is 0 Å². The van der Waals surface area contributed by atoms with E-state index >= 15 is 0 Å². The van der Waals surface area contributed by atoms with Gasteiger partial charge in [-0.15, -0.1) is 0 Å². The monoisotopic (exact) mass is 247 g/mol. The lowest BCUT2D eigenvalue weighted by atomic mass is 10.0. The van der Waals surface area contributed by atoms with Crippen molar-refractivity contribution in [2.24, 2.45) is 0 Å². The van der Waals surface area contributed by atoms with E-state index in [2.05, 4.69) is 17.4 Å². The summed E-state index contributed by atoms with van der Waals surface area (Å²) in [4.78, 5) is 15.8. The Morgan fingerprint density at radius 3 is 2.78 bits per heavy atom. The van der Waals surface area contributed by atoms with Gasteiger partial charge in [-0.25, -0.2) is 4.79 Å². The highest BCUT2D eigenvalue weighted by Gasteiger charge is 2.27. The summed E-state index contributed by atoms with van der Waals surface area (Å²) in [6, 6.07) is 10.7. The quantitative estimate of drug-likeness (QED) is 0.852. The molecule has 2 rings (SSSR count). The van der Waals surface area contributed by atoms with E-state index in [-0.39, 0.29) is 12.1 Å². The highest BCUT2D eigenvalue weighted by molar-refractivity contribution is 5.74. The summed E-state index contributed by atoms with van der Waals surface area (Å²) in [5.41, 5.74) is 1.28. The predicted molar refractivity (Wildman–Crippen MR) is 72.6 cm³/mol. The number of piperazine rings is 1. The van der Waals surface area contributed by atoms with Gasteiger partial charge < -0.3 is 15.1 Å².